The van der Waals surface area contributed by atoms with Crippen LogP contribution in [0.3, 0.4) is 0 Å². The monoisotopic (exact) mass is 329 g/mol. The molecule has 116 valence electrons. The molecule has 0 aliphatic rings. The van der Waals surface area contributed by atoms with Gasteiger partial charge in [0.05, 0.1) is 21.7 Å². The number of anilines is 3. The molecule has 0 bridgehead atoms. The van der Waals surface area contributed by atoms with Crippen molar-refractivity contribution in [2.24, 2.45) is 5.73 Å². The lowest BCUT2D eigenvalue weighted by atomic mass is 10.2. The third-order valence-corrected chi connectivity index (χ3v) is 4.34. The summed E-state index contributed by atoms with van der Waals surface area (Å²) in [5.74, 6) is -0.605. The van der Waals surface area contributed by atoms with E-state index in [-0.39, 0.29) is 16.3 Å². The van der Waals surface area contributed by atoms with Gasteiger partial charge in [-0.25, -0.2) is 4.98 Å². The standard InChI is InChI=1S/C14H11N5O3S/c15-11-10-9(5-6-17-14(10)23-12(11)13(16)20)18-7-1-3-8(4-2-7)19(21)22/h1-6H,15H2,(H2,16,20)(H,17,18). The van der Waals surface area contributed by atoms with E-state index in [0.717, 1.165) is 11.3 Å². The average molecular weight is 329 g/mol. The van der Waals surface area contributed by atoms with Crippen LogP contribution < -0.4 is 16.8 Å². The largest absolute Gasteiger partial charge is 0.397 e. The Hall–Kier alpha value is -3.20. The zero-order chi connectivity index (χ0) is 16.6. The van der Waals surface area contributed by atoms with Gasteiger partial charge in [-0.1, -0.05) is 0 Å². The molecule has 8 nitrogen and oxygen atoms in total. The Kier molecular flexibility index (Phi) is 3.54. The van der Waals surface area contributed by atoms with Gasteiger partial charge in [0.2, 0.25) is 0 Å². The minimum atomic E-state index is -0.605. The zero-order valence-electron chi connectivity index (χ0n) is 11.6. The molecule has 0 atom stereocenters. The van der Waals surface area contributed by atoms with Crippen molar-refractivity contribution in [3.63, 3.8) is 0 Å². The summed E-state index contributed by atoms with van der Waals surface area (Å²) >= 11 is 1.12. The molecule has 0 aliphatic heterocycles. The number of nitro groups is 1. The first-order valence-corrected chi connectivity index (χ1v) is 7.27. The van der Waals surface area contributed by atoms with E-state index in [9.17, 15) is 14.9 Å². The highest BCUT2D eigenvalue weighted by Crippen LogP contribution is 2.37. The second-order valence-corrected chi connectivity index (χ2v) is 5.68. The molecular weight excluding hydrogens is 318 g/mol. The number of hydrogen-bond donors (Lipinski definition) is 3. The Labute approximate surface area is 133 Å². The van der Waals surface area contributed by atoms with Crippen LogP contribution in [0.2, 0.25) is 0 Å². The highest BCUT2D eigenvalue weighted by atomic mass is 32.1. The number of rotatable bonds is 4. The van der Waals surface area contributed by atoms with Crippen molar-refractivity contribution in [2.75, 3.05) is 11.1 Å². The van der Waals surface area contributed by atoms with E-state index in [1.165, 1.54) is 12.1 Å². The number of non-ortho nitro benzene ring substituents is 1. The summed E-state index contributed by atoms with van der Waals surface area (Å²) in [5, 5.41) is 14.4. The molecule has 2 aromatic heterocycles. The predicted molar refractivity (Wildman–Crippen MR) is 88.9 cm³/mol. The molecule has 0 saturated carbocycles. The quantitative estimate of drug-likeness (QED) is 0.497. The number of primary amides is 1. The molecule has 0 spiro atoms. The van der Waals surface area contributed by atoms with Crippen molar-refractivity contribution in [3.05, 3.63) is 51.5 Å². The average Bonchev–Trinajstić information content (AvgIpc) is 2.86. The molecule has 3 rings (SSSR count). The number of aromatic nitrogens is 1. The summed E-state index contributed by atoms with van der Waals surface area (Å²) in [4.78, 5) is 26.6. The van der Waals surface area contributed by atoms with Crippen molar-refractivity contribution in [2.45, 2.75) is 0 Å². The van der Waals surface area contributed by atoms with E-state index in [1.54, 1.807) is 24.4 Å². The van der Waals surface area contributed by atoms with Crippen molar-refractivity contribution in [1.82, 2.24) is 4.98 Å². The van der Waals surface area contributed by atoms with Crippen LogP contribution in [-0.4, -0.2) is 15.8 Å². The van der Waals surface area contributed by atoms with Crippen LogP contribution in [0.5, 0.6) is 0 Å². The van der Waals surface area contributed by atoms with Crippen LogP contribution in [0.15, 0.2) is 36.5 Å². The van der Waals surface area contributed by atoms with Crippen molar-refractivity contribution < 1.29 is 9.72 Å². The van der Waals surface area contributed by atoms with Crippen LogP contribution in [0.1, 0.15) is 9.67 Å². The van der Waals surface area contributed by atoms with Crippen molar-refractivity contribution >= 4 is 50.2 Å². The summed E-state index contributed by atoms with van der Waals surface area (Å²) in [7, 11) is 0. The van der Waals surface area contributed by atoms with Crippen LogP contribution >= 0.6 is 11.3 Å². The number of hydrogen-bond acceptors (Lipinski definition) is 7. The molecule has 2 heterocycles. The number of nitrogens with one attached hydrogen (secondary N) is 1. The highest BCUT2D eigenvalue weighted by Gasteiger charge is 2.17. The lowest BCUT2D eigenvalue weighted by molar-refractivity contribution is -0.384. The summed E-state index contributed by atoms with van der Waals surface area (Å²) in [6.07, 6.45) is 1.58. The number of nitro benzene ring substituents is 1. The summed E-state index contributed by atoms with van der Waals surface area (Å²) < 4.78 is 0. The minimum absolute atomic E-state index is 0.00138. The van der Waals surface area contributed by atoms with E-state index in [2.05, 4.69) is 10.3 Å². The number of fused-ring (bicyclic) bond motifs is 1. The van der Waals surface area contributed by atoms with E-state index in [4.69, 9.17) is 11.5 Å². The number of carbonyl (C=O) groups is 1. The Bertz CT molecular complexity index is 920. The van der Waals surface area contributed by atoms with Gasteiger partial charge in [-0.3, -0.25) is 14.9 Å². The fourth-order valence-electron chi connectivity index (χ4n) is 2.15. The number of benzene rings is 1. The number of nitrogens with zero attached hydrogens (tertiary/aromatic N) is 2. The first-order valence-electron chi connectivity index (χ1n) is 6.45. The van der Waals surface area contributed by atoms with Gasteiger partial charge in [0.1, 0.15) is 9.71 Å². The van der Waals surface area contributed by atoms with E-state index < -0.39 is 10.8 Å². The molecule has 1 aromatic carbocycles. The summed E-state index contributed by atoms with van der Waals surface area (Å²) in [6.45, 7) is 0. The zero-order valence-corrected chi connectivity index (χ0v) is 12.5. The SMILES string of the molecule is NC(=O)c1sc2nccc(Nc3ccc([N+](=O)[O-])cc3)c2c1N. The molecule has 9 heteroatoms. The van der Waals surface area contributed by atoms with E-state index in [1.807, 2.05) is 0 Å². The fourth-order valence-corrected chi connectivity index (χ4v) is 3.10. The van der Waals surface area contributed by atoms with Gasteiger partial charge < -0.3 is 16.8 Å². The molecule has 23 heavy (non-hydrogen) atoms. The molecule has 0 radical (unpaired) electrons. The van der Waals surface area contributed by atoms with E-state index in [0.29, 0.717) is 21.6 Å². The molecule has 3 aromatic rings. The van der Waals surface area contributed by atoms with Gasteiger partial charge in [0, 0.05) is 24.0 Å². The summed E-state index contributed by atoms with van der Waals surface area (Å²) in [6, 6.07) is 7.67. The highest BCUT2D eigenvalue weighted by molar-refractivity contribution is 7.21. The smallest absolute Gasteiger partial charge is 0.269 e. The number of nitrogen functional groups attached to an aromatic ring is 1. The Morgan fingerprint density at radius 2 is 1.96 bits per heavy atom. The molecule has 0 unspecified atom stereocenters. The van der Waals surface area contributed by atoms with E-state index >= 15 is 0 Å². The molecule has 0 fully saturated rings. The maximum Gasteiger partial charge on any atom is 0.269 e. The number of amides is 1. The Balaban J connectivity index is 2.03. The Morgan fingerprint density at radius 3 is 2.57 bits per heavy atom. The van der Waals surface area contributed by atoms with Crippen LogP contribution in [0.25, 0.3) is 10.2 Å². The van der Waals surface area contributed by atoms with Crippen LogP contribution in [0.4, 0.5) is 22.7 Å². The minimum Gasteiger partial charge on any atom is -0.397 e. The van der Waals surface area contributed by atoms with Gasteiger partial charge in [0.15, 0.2) is 0 Å². The number of nitrogens with two attached hydrogens (primary N) is 2. The second kappa shape index (κ2) is 5.54. The van der Waals surface area contributed by atoms with Crippen LogP contribution in [-0.2, 0) is 0 Å². The molecular formula is C14H11N5O3S. The second-order valence-electron chi connectivity index (χ2n) is 4.68. The maximum atomic E-state index is 11.4. The topological polar surface area (TPSA) is 137 Å². The fraction of sp³-hybridized carbons (Fsp3) is 0. The molecule has 0 saturated heterocycles. The third-order valence-electron chi connectivity index (χ3n) is 3.21. The normalized spacial score (nSPS) is 10.6. The van der Waals surface area contributed by atoms with Gasteiger partial charge in [-0.05, 0) is 18.2 Å². The van der Waals surface area contributed by atoms with Crippen LogP contribution in [0, 0.1) is 10.1 Å². The first-order chi connectivity index (χ1) is 11.0. The number of thiophene rings is 1. The lowest BCUT2D eigenvalue weighted by Crippen LogP contribution is -2.10. The maximum absolute atomic E-state index is 11.4. The van der Waals surface area contributed by atoms with Gasteiger partial charge in [-0.2, -0.15) is 0 Å². The van der Waals surface area contributed by atoms with Gasteiger partial charge >= 0.3 is 0 Å². The molecule has 1 amide bonds. The number of pyridine rings is 1. The molecule has 0 aliphatic carbocycles. The first kappa shape index (κ1) is 14.7. The summed E-state index contributed by atoms with van der Waals surface area (Å²) in [5.41, 5.74) is 12.9. The van der Waals surface area contributed by atoms with Crippen molar-refractivity contribution in [3.8, 4) is 0 Å². The van der Waals surface area contributed by atoms with Gasteiger partial charge in [0.25, 0.3) is 11.6 Å². The van der Waals surface area contributed by atoms with Gasteiger partial charge in [-0.15, -0.1) is 11.3 Å². The van der Waals surface area contributed by atoms with Crippen molar-refractivity contribution in [1.29, 1.82) is 0 Å². The third kappa shape index (κ3) is 2.64. The Morgan fingerprint density at radius 1 is 1.26 bits per heavy atom. The molecule has 5 N–H and O–H groups in total. The lowest BCUT2D eigenvalue weighted by Gasteiger charge is -2.08. The number of carbonyl (C=O) groups excluding carboxylic acids is 1. The predicted octanol–water partition coefficient (Wildman–Crippen LogP) is 2.63.